The molecule has 0 saturated heterocycles. The van der Waals surface area contributed by atoms with Crippen molar-refractivity contribution in [2.45, 2.75) is 29.9 Å². The number of anilines is 3. The number of nitrogens with one attached hydrogen (secondary N) is 2. The first-order valence-electron chi connectivity index (χ1n) is 8.39. The Morgan fingerprint density at radius 2 is 1.74 bits per heavy atom. The highest BCUT2D eigenvalue weighted by molar-refractivity contribution is 7.99. The average molecular weight is 385 g/mol. The maximum Gasteiger partial charge on any atom is 0.233 e. The van der Waals surface area contributed by atoms with E-state index in [4.69, 9.17) is 4.74 Å². The maximum absolute atomic E-state index is 13.4. The van der Waals surface area contributed by atoms with Crippen LogP contribution in [-0.4, -0.2) is 28.1 Å². The van der Waals surface area contributed by atoms with E-state index < -0.39 is 0 Å². The molecule has 3 aromatic rings. The molecule has 0 radical (unpaired) electrons. The molecule has 27 heavy (non-hydrogen) atoms. The number of hydrogen-bond donors (Lipinski definition) is 2. The Morgan fingerprint density at radius 1 is 1.00 bits per heavy atom. The van der Waals surface area contributed by atoms with Crippen molar-refractivity contribution in [3.05, 3.63) is 54.3 Å². The zero-order chi connectivity index (χ0) is 19.2. The fourth-order valence-electron chi connectivity index (χ4n) is 2.23. The third-order valence-corrected chi connectivity index (χ3v) is 4.26. The van der Waals surface area contributed by atoms with Gasteiger partial charge in [-0.15, -0.1) is 0 Å². The van der Waals surface area contributed by atoms with Gasteiger partial charge in [0.05, 0.1) is 7.11 Å². The molecule has 0 aliphatic rings. The molecule has 0 saturated carbocycles. The first kappa shape index (κ1) is 18.9. The van der Waals surface area contributed by atoms with E-state index in [9.17, 15) is 4.39 Å². The predicted molar refractivity (Wildman–Crippen MR) is 105 cm³/mol. The number of nitrogens with zero attached hydrogens (tertiary/aromatic N) is 3. The lowest BCUT2D eigenvalue weighted by atomic mass is 10.3. The largest absolute Gasteiger partial charge is 0.497 e. The van der Waals surface area contributed by atoms with Crippen molar-refractivity contribution in [2.75, 3.05) is 17.7 Å². The topological polar surface area (TPSA) is 72.0 Å². The summed E-state index contributed by atoms with van der Waals surface area (Å²) in [6, 6.07) is 13.9. The predicted octanol–water partition coefficient (Wildman–Crippen LogP) is 4.73. The van der Waals surface area contributed by atoms with Gasteiger partial charge in [-0.25, -0.2) is 4.39 Å². The van der Waals surface area contributed by atoms with Crippen LogP contribution in [0.5, 0.6) is 5.75 Å². The van der Waals surface area contributed by atoms with Crippen LogP contribution in [0.4, 0.5) is 22.0 Å². The van der Waals surface area contributed by atoms with Gasteiger partial charge in [0.25, 0.3) is 0 Å². The number of aromatic nitrogens is 3. The van der Waals surface area contributed by atoms with E-state index in [0.29, 0.717) is 22.7 Å². The monoisotopic (exact) mass is 385 g/mol. The van der Waals surface area contributed by atoms with Crippen LogP contribution in [0.1, 0.15) is 13.8 Å². The van der Waals surface area contributed by atoms with Crippen LogP contribution in [0.25, 0.3) is 0 Å². The number of halogens is 1. The number of hydrogen-bond acceptors (Lipinski definition) is 7. The van der Waals surface area contributed by atoms with Crippen molar-refractivity contribution < 1.29 is 9.13 Å². The van der Waals surface area contributed by atoms with Crippen LogP contribution in [0.15, 0.2) is 58.6 Å². The quantitative estimate of drug-likeness (QED) is 0.609. The van der Waals surface area contributed by atoms with E-state index in [2.05, 4.69) is 25.6 Å². The first-order chi connectivity index (χ1) is 13.0. The molecule has 0 aliphatic carbocycles. The summed E-state index contributed by atoms with van der Waals surface area (Å²) in [5.41, 5.74) is 0.567. The molecule has 1 heterocycles. The minimum absolute atomic E-state index is 0.160. The molecule has 1 aromatic heterocycles. The highest BCUT2D eigenvalue weighted by Crippen LogP contribution is 2.28. The molecule has 0 spiro atoms. The molecule has 0 amide bonds. The normalized spacial score (nSPS) is 10.7. The van der Waals surface area contributed by atoms with Gasteiger partial charge in [-0.1, -0.05) is 6.07 Å². The lowest BCUT2D eigenvalue weighted by Gasteiger charge is -2.12. The van der Waals surface area contributed by atoms with E-state index in [0.717, 1.165) is 10.6 Å². The second-order valence-electron chi connectivity index (χ2n) is 5.98. The van der Waals surface area contributed by atoms with Crippen LogP contribution in [0.2, 0.25) is 0 Å². The van der Waals surface area contributed by atoms with Crippen molar-refractivity contribution in [1.29, 1.82) is 0 Å². The van der Waals surface area contributed by atoms with Gasteiger partial charge in [0.1, 0.15) is 11.6 Å². The van der Waals surface area contributed by atoms with E-state index in [-0.39, 0.29) is 11.9 Å². The minimum atomic E-state index is -0.331. The second kappa shape index (κ2) is 8.68. The SMILES string of the molecule is COc1ccc(Sc2nc(Nc3cccc(F)c3)nc(NC(C)C)n2)cc1. The summed E-state index contributed by atoms with van der Waals surface area (Å²) >= 11 is 1.40. The molecule has 6 nitrogen and oxygen atoms in total. The fraction of sp³-hybridized carbons (Fsp3) is 0.211. The van der Waals surface area contributed by atoms with E-state index in [1.165, 1.54) is 23.9 Å². The van der Waals surface area contributed by atoms with Crippen LogP contribution < -0.4 is 15.4 Å². The average Bonchev–Trinajstić information content (AvgIpc) is 2.61. The second-order valence-corrected chi connectivity index (χ2v) is 7.02. The van der Waals surface area contributed by atoms with Gasteiger partial charge < -0.3 is 15.4 Å². The number of ether oxygens (including phenoxy) is 1. The van der Waals surface area contributed by atoms with Crippen molar-refractivity contribution in [3.63, 3.8) is 0 Å². The minimum Gasteiger partial charge on any atom is -0.497 e. The summed E-state index contributed by atoms with van der Waals surface area (Å²) in [5.74, 6) is 1.25. The Hall–Kier alpha value is -2.87. The van der Waals surface area contributed by atoms with Gasteiger partial charge in [0, 0.05) is 16.6 Å². The Bertz CT molecular complexity index is 905. The van der Waals surface area contributed by atoms with Crippen molar-refractivity contribution >= 4 is 29.3 Å². The third kappa shape index (κ3) is 5.55. The molecule has 140 valence electrons. The van der Waals surface area contributed by atoms with Crippen LogP contribution in [0.3, 0.4) is 0 Å². The van der Waals surface area contributed by atoms with E-state index >= 15 is 0 Å². The van der Waals surface area contributed by atoms with Gasteiger partial charge in [-0.3, -0.25) is 0 Å². The van der Waals surface area contributed by atoms with Gasteiger partial charge in [0.2, 0.25) is 11.9 Å². The Morgan fingerprint density at radius 3 is 2.41 bits per heavy atom. The number of methoxy groups -OCH3 is 1. The number of rotatable bonds is 7. The van der Waals surface area contributed by atoms with Crippen LogP contribution in [0, 0.1) is 5.82 Å². The fourth-order valence-corrected chi connectivity index (χ4v) is 2.97. The summed E-state index contributed by atoms with van der Waals surface area (Å²) in [6.07, 6.45) is 0. The molecular weight excluding hydrogens is 365 g/mol. The molecule has 8 heteroatoms. The Balaban J connectivity index is 1.87. The molecular formula is C19H20FN5OS. The molecule has 0 aliphatic heterocycles. The van der Waals surface area contributed by atoms with Gasteiger partial charge in [0.15, 0.2) is 5.16 Å². The summed E-state index contributed by atoms with van der Waals surface area (Å²) in [5, 5.41) is 6.73. The van der Waals surface area contributed by atoms with Gasteiger partial charge in [-0.05, 0) is 68.1 Å². The van der Waals surface area contributed by atoms with Crippen LogP contribution in [-0.2, 0) is 0 Å². The third-order valence-electron chi connectivity index (χ3n) is 3.38. The van der Waals surface area contributed by atoms with Gasteiger partial charge in [-0.2, -0.15) is 15.0 Å². The maximum atomic E-state index is 13.4. The summed E-state index contributed by atoms with van der Waals surface area (Å²) in [7, 11) is 1.63. The van der Waals surface area contributed by atoms with Crippen molar-refractivity contribution in [2.24, 2.45) is 0 Å². The highest BCUT2D eigenvalue weighted by Gasteiger charge is 2.10. The first-order valence-corrected chi connectivity index (χ1v) is 9.20. The summed E-state index contributed by atoms with van der Waals surface area (Å²) < 4.78 is 18.6. The Kier molecular flexibility index (Phi) is 6.08. The van der Waals surface area contributed by atoms with Crippen molar-refractivity contribution in [1.82, 2.24) is 15.0 Å². The number of benzene rings is 2. The summed E-state index contributed by atoms with van der Waals surface area (Å²) in [6.45, 7) is 4.00. The molecule has 0 unspecified atom stereocenters. The smallest absolute Gasteiger partial charge is 0.233 e. The van der Waals surface area contributed by atoms with Gasteiger partial charge >= 0.3 is 0 Å². The van der Waals surface area contributed by atoms with E-state index in [1.807, 2.05) is 38.1 Å². The molecule has 2 N–H and O–H groups in total. The lowest BCUT2D eigenvalue weighted by Crippen LogP contribution is -2.14. The zero-order valence-corrected chi connectivity index (χ0v) is 16.0. The standard InChI is InChI=1S/C19H20FN5OS/c1-12(2)21-17-23-18(22-14-6-4-5-13(20)11-14)25-19(24-17)27-16-9-7-15(26-3)8-10-16/h4-12H,1-3H3,(H2,21,22,23,24,25). The molecule has 0 bridgehead atoms. The van der Waals surface area contributed by atoms with Crippen LogP contribution >= 0.6 is 11.8 Å². The molecule has 2 aromatic carbocycles. The zero-order valence-electron chi connectivity index (χ0n) is 15.2. The summed E-state index contributed by atoms with van der Waals surface area (Å²) in [4.78, 5) is 14.2. The molecule has 0 fully saturated rings. The van der Waals surface area contributed by atoms with Crippen molar-refractivity contribution in [3.8, 4) is 5.75 Å². The Labute approximate surface area is 161 Å². The molecule has 0 atom stereocenters. The molecule has 3 rings (SSSR count). The van der Waals surface area contributed by atoms with E-state index in [1.54, 1.807) is 19.2 Å². The lowest BCUT2D eigenvalue weighted by molar-refractivity contribution is 0.414. The highest BCUT2D eigenvalue weighted by atomic mass is 32.2.